The van der Waals surface area contributed by atoms with Crippen LogP contribution in [0.25, 0.3) is 0 Å². The number of amides is 1. The number of methoxy groups -OCH3 is 1. The molecule has 0 bridgehead atoms. The van der Waals surface area contributed by atoms with Gasteiger partial charge in [-0.15, -0.1) is 6.58 Å². The van der Waals surface area contributed by atoms with Crippen LogP contribution >= 0.6 is 0 Å². The van der Waals surface area contributed by atoms with Crippen molar-refractivity contribution in [1.29, 1.82) is 0 Å². The Morgan fingerprint density at radius 2 is 1.85 bits per heavy atom. The molecule has 2 aromatic carbocycles. The first-order valence-corrected chi connectivity index (χ1v) is 9.43. The Morgan fingerprint density at radius 3 is 2.42 bits per heavy atom. The van der Waals surface area contributed by atoms with Crippen LogP contribution in [0, 0.1) is 6.92 Å². The zero-order chi connectivity index (χ0) is 19.2. The number of ether oxygens (including phenoxy) is 1. The van der Waals surface area contributed by atoms with Gasteiger partial charge in [-0.25, -0.2) is 8.42 Å². The van der Waals surface area contributed by atoms with E-state index in [1.807, 2.05) is 19.1 Å². The lowest BCUT2D eigenvalue weighted by Crippen LogP contribution is -2.38. The number of rotatable bonds is 8. The SMILES string of the molecule is C=CCN(CC(=O)Nc1ccccc1C)S(=O)(=O)c1ccc(OC)cc1. The number of aryl methyl sites for hydroxylation is 1. The van der Waals surface area contributed by atoms with Crippen molar-refractivity contribution in [2.75, 3.05) is 25.5 Å². The molecule has 138 valence electrons. The summed E-state index contributed by atoms with van der Waals surface area (Å²) in [5, 5.41) is 2.74. The number of carbonyl (C=O) groups excluding carboxylic acids is 1. The highest BCUT2D eigenvalue weighted by Gasteiger charge is 2.25. The van der Waals surface area contributed by atoms with E-state index in [9.17, 15) is 13.2 Å². The second-order valence-electron chi connectivity index (χ2n) is 5.62. The molecule has 0 aliphatic carbocycles. The molecule has 2 aromatic rings. The number of carbonyl (C=O) groups is 1. The van der Waals surface area contributed by atoms with Crippen LogP contribution in [0.2, 0.25) is 0 Å². The van der Waals surface area contributed by atoms with Gasteiger partial charge in [0.1, 0.15) is 5.75 Å². The molecule has 0 saturated carbocycles. The largest absolute Gasteiger partial charge is 0.497 e. The second kappa shape index (κ2) is 8.64. The van der Waals surface area contributed by atoms with Crippen LogP contribution in [0.3, 0.4) is 0 Å². The van der Waals surface area contributed by atoms with Gasteiger partial charge < -0.3 is 10.1 Å². The molecule has 0 heterocycles. The minimum atomic E-state index is -3.84. The van der Waals surface area contributed by atoms with E-state index in [4.69, 9.17) is 4.74 Å². The zero-order valence-corrected chi connectivity index (χ0v) is 15.6. The van der Waals surface area contributed by atoms with Crippen molar-refractivity contribution in [2.45, 2.75) is 11.8 Å². The number of hydrogen-bond donors (Lipinski definition) is 1. The summed E-state index contributed by atoms with van der Waals surface area (Å²) < 4.78 is 31.8. The summed E-state index contributed by atoms with van der Waals surface area (Å²) in [4.78, 5) is 12.4. The number of nitrogens with one attached hydrogen (secondary N) is 1. The molecule has 0 saturated heterocycles. The third-order valence-electron chi connectivity index (χ3n) is 3.77. The average Bonchev–Trinajstić information content (AvgIpc) is 2.63. The Bertz CT molecular complexity index is 877. The average molecular weight is 374 g/mol. The van der Waals surface area contributed by atoms with Gasteiger partial charge in [-0.1, -0.05) is 24.3 Å². The first-order chi connectivity index (χ1) is 12.4. The molecule has 1 N–H and O–H groups in total. The van der Waals surface area contributed by atoms with E-state index in [1.54, 1.807) is 24.3 Å². The molecular formula is C19H22N2O4S. The molecule has 1 amide bonds. The van der Waals surface area contributed by atoms with Gasteiger partial charge in [0.25, 0.3) is 0 Å². The predicted octanol–water partition coefficient (Wildman–Crippen LogP) is 2.82. The fourth-order valence-electron chi connectivity index (χ4n) is 2.35. The lowest BCUT2D eigenvalue weighted by Gasteiger charge is -2.20. The molecule has 0 aromatic heterocycles. The van der Waals surface area contributed by atoms with Crippen LogP contribution < -0.4 is 10.1 Å². The second-order valence-corrected chi connectivity index (χ2v) is 7.56. The van der Waals surface area contributed by atoms with Crippen molar-refractivity contribution >= 4 is 21.6 Å². The molecule has 0 unspecified atom stereocenters. The molecule has 26 heavy (non-hydrogen) atoms. The number of hydrogen-bond acceptors (Lipinski definition) is 4. The van der Waals surface area contributed by atoms with Crippen molar-refractivity contribution < 1.29 is 17.9 Å². The summed E-state index contributed by atoms with van der Waals surface area (Å²) in [6, 6.07) is 13.3. The maximum Gasteiger partial charge on any atom is 0.243 e. The van der Waals surface area contributed by atoms with Crippen LogP contribution in [-0.2, 0) is 14.8 Å². The van der Waals surface area contributed by atoms with Crippen LogP contribution in [0.1, 0.15) is 5.56 Å². The lowest BCUT2D eigenvalue weighted by atomic mass is 10.2. The Balaban J connectivity index is 2.19. The number of benzene rings is 2. The van der Waals surface area contributed by atoms with Crippen LogP contribution in [0.4, 0.5) is 5.69 Å². The molecule has 2 rings (SSSR count). The fourth-order valence-corrected chi connectivity index (χ4v) is 3.72. The van der Waals surface area contributed by atoms with Crippen molar-refractivity contribution in [3.05, 3.63) is 66.7 Å². The molecule has 0 spiro atoms. The quantitative estimate of drug-likeness (QED) is 0.721. The van der Waals surface area contributed by atoms with Gasteiger partial charge in [0.05, 0.1) is 18.6 Å². The third-order valence-corrected chi connectivity index (χ3v) is 5.59. The van der Waals surface area contributed by atoms with Crippen LogP contribution in [0.5, 0.6) is 5.75 Å². The van der Waals surface area contributed by atoms with Gasteiger partial charge in [0.15, 0.2) is 0 Å². The first kappa shape index (κ1) is 19.7. The zero-order valence-electron chi connectivity index (χ0n) is 14.8. The van der Waals surface area contributed by atoms with E-state index < -0.39 is 15.9 Å². The summed E-state index contributed by atoms with van der Waals surface area (Å²) in [5.74, 6) is 0.134. The summed E-state index contributed by atoms with van der Waals surface area (Å²) >= 11 is 0. The smallest absolute Gasteiger partial charge is 0.243 e. The van der Waals surface area contributed by atoms with Crippen molar-refractivity contribution in [3.63, 3.8) is 0 Å². The molecule has 0 aliphatic heterocycles. The summed E-state index contributed by atoms with van der Waals surface area (Å²) in [7, 11) is -2.34. The van der Waals surface area contributed by atoms with Gasteiger partial charge in [0, 0.05) is 12.2 Å². The topological polar surface area (TPSA) is 75.7 Å². The number of anilines is 1. The Morgan fingerprint density at radius 1 is 1.19 bits per heavy atom. The highest BCUT2D eigenvalue weighted by atomic mass is 32.2. The predicted molar refractivity (Wildman–Crippen MR) is 102 cm³/mol. The maximum atomic E-state index is 12.8. The highest BCUT2D eigenvalue weighted by Crippen LogP contribution is 2.20. The van der Waals surface area contributed by atoms with Crippen LogP contribution in [0.15, 0.2) is 66.1 Å². The Labute approximate surface area is 154 Å². The van der Waals surface area contributed by atoms with Crippen LogP contribution in [-0.4, -0.2) is 38.8 Å². The standard InChI is InChI=1S/C19H22N2O4S/c1-4-13-21(14-19(22)20-18-8-6-5-7-15(18)2)26(23,24)17-11-9-16(25-3)10-12-17/h4-12H,1,13-14H2,2-3H3,(H,20,22). The van der Waals surface area contributed by atoms with Gasteiger partial charge in [0.2, 0.25) is 15.9 Å². The minimum Gasteiger partial charge on any atom is -0.497 e. The normalized spacial score (nSPS) is 11.2. The fraction of sp³-hybridized carbons (Fsp3) is 0.211. The van der Waals surface area contributed by atoms with E-state index in [1.165, 1.54) is 25.3 Å². The van der Waals surface area contributed by atoms with Gasteiger partial charge >= 0.3 is 0 Å². The number of sulfonamides is 1. The third kappa shape index (κ3) is 4.71. The Hall–Kier alpha value is -2.64. The van der Waals surface area contributed by atoms with Crippen molar-refractivity contribution in [3.8, 4) is 5.75 Å². The van der Waals surface area contributed by atoms with E-state index in [0.29, 0.717) is 11.4 Å². The van der Waals surface area contributed by atoms with Gasteiger partial charge in [-0.3, -0.25) is 4.79 Å². The van der Waals surface area contributed by atoms with Crippen molar-refractivity contribution in [2.24, 2.45) is 0 Å². The van der Waals surface area contributed by atoms with E-state index in [-0.39, 0.29) is 18.0 Å². The maximum absolute atomic E-state index is 12.8. The van der Waals surface area contributed by atoms with E-state index in [0.717, 1.165) is 9.87 Å². The van der Waals surface area contributed by atoms with E-state index >= 15 is 0 Å². The summed E-state index contributed by atoms with van der Waals surface area (Å²) in [6.45, 7) is 5.16. The minimum absolute atomic E-state index is 0.0234. The molecule has 0 aliphatic rings. The van der Waals surface area contributed by atoms with Crippen molar-refractivity contribution in [1.82, 2.24) is 4.31 Å². The van der Waals surface area contributed by atoms with Gasteiger partial charge in [-0.2, -0.15) is 4.31 Å². The molecule has 6 nitrogen and oxygen atoms in total. The molecule has 0 radical (unpaired) electrons. The monoisotopic (exact) mass is 374 g/mol. The summed E-state index contributed by atoms with van der Waals surface area (Å²) in [5.41, 5.74) is 1.55. The highest BCUT2D eigenvalue weighted by molar-refractivity contribution is 7.89. The number of para-hydroxylation sites is 1. The van der Waals surface area contributed by atoms with E-state index in [2.05, 4.69) is 11.9 Å². The van der Waals surface area contributed by atoms with Gasteiger partial charge in [-0.05, 0) is 42.8 Å². The molecule has 7 heteroatoms. The lowest BCUT2D eigenvalue weighted by molar-refractivity contribution is -0.116. The number of nitrogens with zero attached hydrogens (tertiary/aromatic N) is 1. The molecular weight excluding hydrogens is 352 g/mol. The molecule has 0 fully saturated rings. The Kier molecular flexibility index (Phi) is 6.54. The first-order valence-electron chi connectivity index (χ1n) is 7.99. The summed E-state index contributed by atoms with van der Waals surface area (Å²) in [6.07, 6.45) is 1.45. The molecule has 0 atom stereocenters.